The molecule has 0 saturated heterocycles. The van der Waals surface area contributed by atoms with Crippen LogP contribution in [0.4, 0.5) is 0 Å². The quantitative estimate of drug-likeness (QED) is 0.166. The fourth-order valence-corrected chi connectivity index (χ4v) is 13.7. The Morgan fingerprint density at radius 3 is 1.57 bits per heavy atom. The fraction of sp³-hybridized carbons (Fsp3) is 0.379. The first-order chi connectivity index (χ1) is 16.9. The standard InChI is InChI=1S/C29H39BrNO2PS/c1-2-3-4-5-15-24-31-35(32,33)26-17-16-25-34(30,27-18-9-6-10-19-27,28-20-11-7-12-21-28)29-22-13-8-14-23-29/h6-14,18-23,31H,2-5,15-17,24-26H2,1H3. The minimum atomic E-state index is -3.26. The zero-order valence-electron chi connectivity index (χ0n) is 20.8. The molecule has 0 spiro atoms. The van der Waals surface area contributed by atoms with Crippen LogP contribution in [-0.4, -0.2) is 26.9 Å². The molecule has 3 aromatic rings. The van der Waals surface area contributed by atoms with E-state index in [0.29, 0.717) is 13.0 Å². The fourth-order valence-electron chi connectivity index (χ4n) is 4.78. The van der Waals surface area contributed by atoms with E-state index in [2.05, 4.69) is 99.9 Å². The third-order valence-electron chi connectivity index (χ3n) is 6.73. The average Bonchev–Trinajstić information content (AvgIpc) is 2.90. The van der Waals surface area contributed by atoms with Crippen LogP contribution >= 0.6 is 20.8 Å². The van der Waals surface area contributed by atoms with E-state index in [1.165, 1.54) is 35.2 Å². The molecule has 6 heteroatoms. The van der Waals surface area contributed by atoms with Gasteiger partial charge in [0.1, 0.15) is 0 Å². The monoisotopic (exact) mass is 575 g/mol. The van der Waals surface area contributed by atoms with Gasteiger partial charge in [-0.25, -0.2) is 0 Å². The first kappa shape index (κ1) is 28.1. The first-order valence-corrected chi connectivity index (χ1v) is 18.9. The van der Waals surface area contributed by atoms with Gasteiger partial charge < -0.3 is 0 Å². The number of sulfonamides is 1. The van der Waals surface area contributed by atoms with Gasteiger partial charge in [0.2, 0.25) is 0 Å². The summed E-state index contributed by atoms with van der Waals surface area (Å²) in [4.78, 5) is 0. The van der Waals surface area contributed by atoms with Crippen molar-refractivity contribution in [3.8, 4) is 0 Å². The van der Waals surface area contributed by atoms with Crippen LogP contribution in [-0.2, 0) is 10.0 Å². The Bertz CT molecular complexity index is 1030. The molecule has 0 aromatic heterocycles. The van der Waals surface area contributed by atoms with E-state index < -0.39 is 15.3 Å². The van der Waals surface area contributed by atoms with Crippen LogP contribution in [0.5, 0.6) is 0 Å². The minimum absolute atomic E-state index is 0.166. The molecule has 3 nitrogen and oxygen atoms in total. The van der Waals surface area contributed by atoms with E-state index in [1.54, 1.807) is 0 Å². The van der Waals surface area contributed by atoms with Gasteiger partial charge in [-0.1, -0.05) is 6.92 Å². The molecule has 0 heterocycles. The molecule has 0 radical (unpaired) electrons. The van der Waals surface area contributed by atoms with Gasteiger partial charge in [-0.2, -0.15) is 0 Å². The third-order valence-corrected chi connectivity index (χ3v) is 18.2. The third kappa shape index (κ3) is 7.04. The van der Waals surface area contributed by atoms with Crippen molar-refractivity contribution in [3.05, 3.63) is 91.0 Å². The van der Waals surface area contributed by atoms with E-state index in [1.807, 2.05) is 18.2 Å². The molecule has 0 unspecified atom stereocenters. The molecule has 0 fully saturated rings. The molecular formula is C29H39BrNO2PS. The number of unbranched alkanes of at least 4 members (excludes halogenated alkanes) is 5. The Hall–Kier alpha value is -1.52. The van der Waals surface area contributed by atoms with Gasteiger partial charge in [0.05, 0.1) is 0 Å². The molecule has 0 amide bonds. The molecule has 0 aliphatic heterocycles. The summed E-state index contributed by atoms with van der Waals surface area (Å²) in [6, 6.07) is 32.0. The summed E-state index contributed by atoms with van der Waals surface area (Å²) in [7, 11) is -3.26. The first-order valence-electron chi connectivity index (χ1n) is 12.8. The second-order valence-electron chi connectivity index (χ2n) is 9.25. The number of benzene rings is 3. The van der Waals surface area contributed by atoms with E-state index in [-0.39, 0.29) is 5.75 Å². The van der Waals surface area contributed by atoms with Gasteiger partial charge in [-0.3, -0.25) is 0 Å². The number of rotatable bonds is 15. The number of hydrogen-bond donors (Lipinski definition) is 1. The van der Waals surface area contributed by atoms with Crippen molar-refractivity contribution < 1.29 is 8.42 Å². The van der Waals surface area contributed by atoms with E-state index in [9.17, 15) is 8.42 Å². The molecule has 3 aromatic carbocycles. The van der Waals surface area contributed by atoms with Crippen LogP contribution in [0.25, 0.3) is 0 Å². The van der Waals surface area contributed by atoms with Gasteiger partial charge in [0.15, 0.2) is 0 Å². The van der Waals surface area contributed by atoms with Crippen molar-refractivity contribution in [2.24, 2.45) is 0 Å². The maximum absolute atomic E-state index is 12.6. The van der Waals surface area contributed by atoms with E-state index >= 15 is 0 Å². The molecule has 0 bridgehead atoms. The zero-order chi connectivity index (χ0) is 25.1. The second-order valence-corrected chi connectivity index (χ2v) is 20.2. The van der Waals surface area contributed by atoms with Crippen molar-refractivity contribution in [1.82, 2.24) is 4.72 Å². The topological polar surface area (TPSA) is 46.2 Å². The summed E-state index contributed by atoms with van der Waals surface area (Å²) in [5.41, 5.74) is 0. The van der Waals surface area contributed by atoms with Crippen LogP contribution < -0.4 is 20.6 Å². The van der Waals surface area contributed by atoms with Gasteiger partial charge in [0, 0.05) is 0 Å². The van der Waals surface area contributed by atoms with Gasteiger partial charge in [-0.15, -0.1) is 0 Å². The summed E-state index contributed by atoms with van der Waals surface area (Å²) in [5, 5.41) is 0.820. The van der Waals surface area contributed by atoms with Crippen molar-refractivity contribution in [2.45, 2.75) is 51.9 Å². The molecule has 0 atom stereocenters. The predicted molar refractivity (Wildman–Crippen MR) is 159 cm³/mol. The van der Waals surface area contributed by atoms with Crippen LogP contribution in [0, 0.1) is 0 Å². The Balaban J connectivity index is 1.80. The SMILES string of the molecule is CCCCCCCNS(=O)(=O)CCCCP(Br)(c1ccccc1)(c1ccccc1)c1ccccc1. The molecular weight excluding hydrogens is 537 g/mol. The number of nitrogens with one attached hydrogen (secondary N) is 1. The maximum atomic E-state index is 12.6. The van der Waals surface area contributed by atoms with E-state index in [0.717, 1.165) is 25.4 Å². The van der Waals surface area contributed by atoms with Crippen LogP contribution in [0.3, 0.4) is 0 Å². The molecule has 3 rings (SSSR count). The Morgan fingerprint density at radius 2 is 1.11 bits per heavy atom. The summed E-state index contributed by atoms with van der Waals surface area (Å²) < 4.78 is 28.1. The summed E-state index contributed by atoms with van der Waals surface area (Å²) in [6.45, 7) is 2.73. The summed E-state index contributed by atoms with van der Waals surface area (Å²) >= 11 is 4.44. The van der Waals surface area contributed by atoms with Crippen molar-refractivity contribution in [2.75, 3.05) is 18.5 Å². The predicted octanol–water partition coefficient (Wildman–Crippen LogP) is 6.50. The van der Waals surface area contributed by atoms with Gasteiger partial charge >= 0.3 is 214 Å². The van der Waals surface area contributed by atoms with E-state index in [4.69, 9.17) is 0 Å². The molecule has 35 heavy (non-hydrogen) atoms. The van der Waals surface area contributed by atoms with Crippen molar-refractivity contribution in [1.29, 1.82) is 0 Å². The normalized spacial score (nSPS) is 13.3. The molecule has 0 aliphatic carbocycles. The zero-order valence-corrected chi connectivity index (χ0v) is 24.1. The summed E-state index contributed by atoms with van der Waals surface area (Å²) in [5.74, 6) is 0.166. The molecule has 0 aliphatic rings. The van der Waals surface area contributed by atoms with Crippen LogP contribution in [0.2, 0.25) is 0 Å². The Kier molecular flexibility index (Phi) is 10.5. The van der Waals surface area contributed by atoms with Crippen LogP contribution in [0.1, 0.15) is 51.9 Å². The van der Waals surface area contributed by atoms with Gasteiger partial charge in [0.25, 0.3) is 0 Å². The number of hydrogen-bond acceptors (Lipinski definition) is 2. The number of halogens is 1. The summed E-state index contributed by atoms with van der Waals surface area (Å²) in [6.07, 6.45) is 7.87. The van der Waals surface area contributed by atoms with Gasteiger partial charge in [-0.05, 0) is 0 Å². The molecule has 0 saturated carbocycles. The molecule has 1 N–H and O–H groups in total. The second kappa shape index (κ2) is 13.1. The van der Waals surface area contributed by atoms with Crippen LogP contribution in [0.15, 0.2) is 91.0 Å². The van der Waals surface area contributed by atoms with Crippen molar-refractivity contribution in [3.63, 3.8) is 0 Å². The average molecular weight is 577 g/mol. The molecule has 190 valence electrons. The Morgan fingerprint density at radius 1 is 0.657 bits per heavy atom. The van der Waals surface area contributed by atoms with Crippen molar-refractivity contribution >= 4 is 46.7 Å². The Labute approximate surface area is 220 Å².